The van der Waals surface area contributed by atoms with E-state index in [1.165, 1.54) is 0 Å². The first-order valence-electron chi connectivity index (χ1n) is 6.65. The van der Waals surface area contributed by atoms with Gasteiger partial charge in [0.1, 0.15) is 12.4 Å². The van der Waals surface area contributed by atoms with Crippen LogP contribution in [0.3, 0.4) is 0 Å². The molecule has 1 rings (SSSR count). The van der Waals surface area contributed by atoms with E-state index in [2.05, 4.69) is 0 Å². The first-order chi connectivity index (χ1) is 9.77. The van der Waals surface area contributed by atoms with E-state index < -0.39 is 0 Å². The molecule has 0 aliphatic carbocycles. The van der Waals surface area contributed by atoms with Crippen molar-refractivity contribution in [2.45, 2.75) is 12.8 Å². The van der Waals surface area contributed by atoms with Gasteiger partial charge in [-0.1, -0.05) is 0 Å². The second-order valence-electron chi connectivity index (χ2n) is 4.20. The van der Waals surface area contributed by atoms with Crippen LogP contribution < -0.4 is 4.74 Å². The topological polar surface area (TPSA) is 54.0 Å². The lowest BCUT2D eigenvalue weighted by molar-refractivity contribution is 0.0489. The van der Waals surface area contributed by atoms with Gasteiger partial charge in [0.25, 0.3) is 0 Å². The zero-order valence-corrected chi connectivity index (χ0v) is 12.1. The summed E-state index contributed by atoms with van der Waals surface area (Å²) in [6.45, 7) is 2.12. The maximum Gasteiger partial charge on any atom is 0.338 e. The van der Waals surface area contributed by atoms with Crippen LogP contribution in [0, 0.1) is 0 Å². The summed E-state index contributed by atoms with van der Waals surface area (Å²) in [5, 5.41) is 0. The Bertz CT molecular complexity index is 374. The number of hydrogen-bond acceptors (Lipinski definition) is 5. The van der Waals surface area contributed by atoms with Crippen LogP contribution in [-0.2, 0) is 14.2 Å². The van der Waals surface area contributed by atoms with Crippen LogP contribution in [0.2, 0.25) is 0 Å². The van der Waals surface area contributed by atoms with Crippen molar-refractivity contribution < 1.29 is 23.7 Å². The van der Waals surface area contributed by atoms with Crippen LogP contribution in [-0.4, -0.2) is 46.6 Å². The molecule has 1 aromatic carbocycles. The summed E-state index contributed by atoms with van der Waals surface area (Å²) in [4.78, 5) is 11.7. The van der Waals surface area contributed by atoms with Gasteiger partial charge in [0.2, 0.25) is 0 Å². The Morgan fingerprint density at radius 3 is 2.20 bits per heavy atom. The van der Waals surface area contributed by atoms with Crippen molar-refractivity contribution in [3.63, 3.8) is 0 Å². The average Bonchev–Trinajstić information content (AvgIpc) is 2.48. The summed E-state index contributed by atoms with van der Waals surface area (Å²) in [5.74, 6) is 0.393. The highest BCUT2D eigenvalue weighted by Crippen LogP contribution is 2.13. The van der Waals surface area contributed by atoms with Crippen LogP contribution in [0.1, 0.15) is 23.2 Å². The predicted molar refractivity (Wildman–Crippen MR) is 75.2 cm³/mol. The van der Waals surface area contributed by atoms with Crippen molar-refractivity contribution in [2.75, 3.05) is 40.6 Å². The lowest BCUT2D eigenvalue weighted by Crippen LogP contribution is -2.07. The van der Waals surface area contributed by atoms with Crippen LogP contribution in [0.5, 0.6) is 5.75 Å². The summed E-state index contributed by atoms with van der Waals surface area (Å²) in [7, 11) is 3.28. The minimum Gasteiger partial charge on any atom is -0.491 e. The Morgan fingerprint density at radius 1 is 0.900 bits per heavy atom. The van der Waals surface area contributed by atoms with Crippen molar-refractivity contribution >= 4 is 5.97 Å². The number of methoxy groups -OCH3 is 2. The third-order valence-electron chi connectivity index (χ3n) is 2.62. The molecule has 0 atom stereocenters. The number of esters is 1. The molecule has 0 spiro atoms. The first-order valence-corrected chi connectivity index (χ1v) is 6.65. The molecule has 0 aliphatic heterocycles. The molecule has 0 fully saturated rings. The molecule has 0 N–H and O–H groups in total. The normalized spacial score (nSPS) is 10.3. The van der Waals surface area contributed by atoms with Crippen molar-refractivity contribution in [1.82, 2.24) is 0 Å². The van der Waals surface area contributed by atoms with E-state index in [-0.39, 0.29) is 5.97 Å². The van der Waals surface area contributed by atoms with Gasteiger partial charge in [-0.15, -0.1) is 0 Å². The lowest BCUT2D eigenvalue weighted by atomic mass is 10.2. The maximum absolute atomic E-state index is 11.7. The summed E-state index contributed by atoms with van der Waals surface area (Å²) in [6.07, 6.45) is 1.69. The molecule has 0 aliphatic rings. The fourth-order valence-electron chi connectivity index (χ4n) is 1.53. The largest absolute Gasteiger partial charge is 0.491 e. The molecule has 112 valence electrons. The van der Waals surface area contributed by atoms with Crippen LogP contribution in [0.15, 0.2) is 24.3 Å². The summed E-state index contributed by atoms with van der Waals surface area (Å²) in [6, 6.07) is 6.88. The number of carbonyl (C=O) groups is 1. The smallest absolute Gasteiger partial charge is 0.338 e. The van der Waals surface area contributed by atoms with Gasteiger partial charge in [0.15, 0.2) is 0 Å². The highest BCUT2D eigenvalue weighted by atomic mass is 16.5. The second-order valence-corrected chi connectivity index (χ2v) is 4.20. The van der Waals surface area contributed by atoms with Gasteiger partial charge < -0.3 is 18.9 Å². The van der Waals surface area contributed by atoms with E-state index in [0.29, 0.717) is 37.7 Å². The Morgan fingerprint density at radius 2 is 1.55 bits per heavy atom. The first kappa shape index (κ1) is 16.5. The van der Waals surface area contributed by atoms with Crippen molar-refractivity contribution in [3.8, 4) is 5.75 Å². The standard InChI is InChI=1S/C15H22O5/c1-17-9-3-4-10-20-15(16)13-5-7-14(8-6-13)19-12-11-18-2/h5-8H,3-4,9-12H2,1-2H3. The highest BCUT2D eigenvalue weighted by molar-refractivity contribution is 5.89. The Kier molecular flexibility index (Phi) is 8.42. The van der Waals surface area contributed by atoms with Crippen LogP contribution in [0.4, 0.5) is 0 Å². The number of benzene rings is 1. The summed E-state index contributed by atoms with van der Waals surface area (Å²) in [5.41, 5.74) is 0.524. The van der Waals surface area contributed by atoms with Crippen molar-refractivity contribution in [1.29, 1.82) is 0 Å². The monoisotopic (exact) mass is 282 g/mol. The molecule has 0 aromatic heterocycles. The molecule has 0 unspecified atom stereocenters. The Labute approximate surface area is 119 Å². The fourth-order valence-corrected chi connectivity index (χ4v) is 1.53. The van der Waals surface area contributed by atoms with Crippen molar-refractivity contribution in [2.24, 2.45) is 0 Å². The molecule has 0 heterocycles. The SMILES string of the molecule is COCCCCOC(=O)c1ccc(OCCOC)cc1. The van der Waals surface area contributed by atoms with Gasteiger partial charge in [0, 0.05) is 20.8 Å². The van der Waals surface area contributed by atoms with Crippen molar-refractivity contribution in [3.05, 3.63) is 29.8 Å². The molecule has 0 amide bonds. The maximum atomic E-state index is 11.7. The quantitative estimate of drug-likeness (QED) is 0.487. The zero-order chi connectivity index (χ0) is 14.6. The van der Waals surface area contributed by atoms with Gasteiger partial charge in [-0.3, -0.25) is 0 Å². The number of ether oxygens (including phenoxy) is 4. The Balaban J connectivity index is 2.30. The van der Waals surface area contributed by atoms with Crippen LogP contribution in [0.25, 0.3) is 0 Å². The molecule has 0 bridgehead atoms. The number of unbranched alkanes of at least 4 members (excludes halogenated alkanes) is 1. The van der Waals surface area contributed by atoms with E-state index >= 15 is 0 Å². The molecule has 0 saturated carbocycles. The molecule has 20 heavy (non-hydrogen) atoms. The fraction of sp³-hybridized carbons (Fsp3) is 0.533. The molecular formula is C15H22O5. The third-order valence-corrected chi connectivity index (χ3v) is 2.62. The van der Waals surface area contributed by atoms with Gasteiger partial charge >= 0.3 is 5.97 Å². The molecule has 0 saturated heterocycles. The minimum atomic E-state index is -0.314. The third kappa shape index (κ3) is 6.54. The average molecular weight is 282 g/mol. The van der Waals surface area contributed by atoms with Gasteiger partial charge in [-0.05, 0) is 37.1 Å². The van der Waals surface area contributed by atoms with E-state index in [9.17, 15) is 4.79 Å². The lowest BCUT2D eigenvalue weighted by Gasteiger charge is -2.07. The van der Waals surface area contributed by atoms with E-state index in [1.807, 2.05) is 0 Å². The number of hydrogen-bond donors (Lipinski definition) is 0. The van der Waals surface area contributed by atoms with E-state index in [1.54, 1.807) is 38.5 Å². The highest BCUT2D eigenvalue weighted by Gasteiger charge is 2.06. The van der Waals surface area contributed by atoms with Gasteiger partial charge in [-0.2, -0.15) is 0 Å². The second kappa shape index (κ2) is 10.2. The molecule has 5 nitrogen and oxygen atoms in total. The van der Waals surface area contributed by atoms with Crippen LogP contribution >= 0.6 is 0 Å². The van der Waals surface area contributed by atoms with Gasteiger partial charge in [0.05, 0.1) is 18.8 Å². The van der Waals surface area contributed by atoms with E-state index in [0.717, 1.165) is 12.8 Å². The predicted octanol–water partition coefficient (Wildman–Crippen LogP) is 2.30. The Hall–Kier alpha value is -1.59. The minimum absolute atomic E-state index is 0.314. The zero-order valence-electron chi connectivity index (χ0n) is 12.1. The number of carbonyl (C=O) groups excluding carboxylic acids is 1. The molecule has 1 aromatic rings. The number of rotatable bonds is 10. The summed E-state index contributed by atoms with van der Waals surface area (Å²) >= 11 is 0. The van der Waals surface area contributed by atoms with E-state index in [4.69, 9.17) is 18.9 Å². The molecular weight excluding hydrogens is 260 g/mol. The molecule has 0 radical (unpaired) electrons. The summed E-state index contributed by atoms with van der Waals surface area (Å²) < 4.78 is 20.4. The molecule has 5 heteroatoms. The van der Waals surface area contributed by atoms with Gasteiger partial charge in [-0.25, -0.2) is 4.79 Å².